The van der Waals surface area contributed by atoms with Crippen molar-refractivity contribution >= 4 is 5.91 Å². The number of nitrogens with one attached hydrogen (secondary N) is 1. The highest BCUT2D eigenvalue weighted by Gasteiger charge is 2.29. The van der Waals surface area contributed by atoms with Gasteiger partial charge in [-0.2, -0.15) is 0 Å². The Labute approximate surface area is 93.8 Å². The van der Waals surface area contributed by atoms with Crippen LogP contribution in [-0.4, -0.2) is 18.5 Å². The second-order valence-electron chi connectivity index (χ2n) is 6.22. The quantitative estimate of drug-likeness (QED) is 0.754. The molecule has 1 amide bonds. The lowest BCUT2D eigenvalue weighted by Crippen LogP contribution is -2.48. The highest BCUT2D eigenvalue weighted by Crippen LogP contribution is 2.23. The van der Waals surface area contributed by atoms with Crippen LogP contribution in [0.15, 0.2) is 0 Å². The Bertz CT molecular complexity index is 211. The molecule has 0 radical (unpaired) electrons. The van der Waals surface area contributed by atoms with Gasteiger partial charge in [0.25, 0.3) is 0 Å². The molecule has 1 unspecified atom stereocenters. The van der Waals surface area contributed by atoms with E-state index in [-0.39, 0.29) is 22.8 Å². The molecular weight excluding hydrogens is 188 g/mol. The molecule has 1 atom stereocenters. The van der Waals surface area contributed by atoms with E-state index >= 15 is 0 Å². The highest BCUT2D eigenvalue weighted by molar-refractivity contribution is 5.81. The van der Waals surface area contributed by atoms with Crippen LogP contribution in [0.3, 0.4) is 0 Å². The fraction of sp³-hybridized carbons (Fsp3) is 0.917. The maximum atomic E-state index is 11.8. The van der Waals surface area contributed by atoms with Crippen molar-refractivity contribution in [1.29, 1.82) is 0 Å². The summed E-state index contributed by atoms with van der Waals surface area (Å²) in [6.07, 6.45) is 0.825. The summed E-state index contributed by atoms with van der Waals surface area (Å²) in [5.74, 6) is 0.0934. The van der Waals surface area contributed by atoms with E-state index in [1.807, 2.05) is 20.8 Å². The number of carbonyl (C=O) groups excluding carboxylic acids is 1. The maximum absolute atomic E-state index is 11.8. The SMILES string of the molecule is CC(C)(C)C(=O)NC(CCN)C(C)(C)C. The Kier molecular flexibility index (Phi) is 4.78. The van der Waals surface area contributed by atoms with E-state index in [1.54, 1.807) is 0 Å². The zero-order valence-electron chi connectivity index (χ0n) is 11.0. The van der Waals surface area contributed by atoms with Crippen molar-refractivity contribution in [2.75, 3.05) is 6.54 Å². The molecule has 0 aromatic carbocycles. The van der Waals surface area contributed by atoms with Gasteiger partial charge in [-0.25, -0.2) is 0 Å². The summed E-state index contributed by atoms with van der Waals surface area (Å²) in [6.45, 7) is 12.7. The van der Waals surface area contributed by atoms with Gasteiger partial charge in [-0.3, -0.25) is 4.79 Å². The van der Waals surface area contributed by atoms with Crippen molar-refractivity contribution in [2.45, 2.75) is 54.0 Å². The molecule has 0 aliphatic carbocycles. The minimum atomic E-state index is -0.335. The third-order valence-electron chi connectivity index (χ3n) is 2.49. The topological polar surface area (TPSA) is 55.1 Å². The van der Waals surface area contributed by atoms with Gasteiger partial charge in [0.15, 0.2) is 0 Å². The van der Waals surface area contributed by atoms with Crippen LogP contribution in [0.4, 0.5) is 0 Å². The Hall–Kier alpha value is -0.570. The summed E-state index contributed by atoms with van der Waals surface area (Å²) in [6, 6.07) is 0.147. The van der Waals surface area contributed by atoms with E-state index in [4.69, 9.17) is 5.73 Å². The van der Waals surface area contributed by atoms with E-state index in [2.05, 4.69) is 26.1 Å². The third-order valence-corrected chi connectivity index (χ3v) is 2.49. The average molecular weight is 214 g/mol. The van der Waals surface area contributed by atoms with Gasteiger partial charge in [0.1, 0.15) is 0 Å². The van der Waals surface area contributed by atoms with Crippen molar-refractivity contribution in [3.8, 4) is 0 Å². The van der Waals surface area contributed by atoms with E-state index in [1.165, 1.54) is 0 Å². The summed E-state index contributed by atoms with van der Waals surface area (Å²) < 4.78 is 0. The number of hydrogen-bond donors (Lipinski definition) is 2. The van der Waals surface area contributed by atoms with E-state index in [0.717, 1.165) is 6.42 Å². The molecule has 0 spiro atoms. The molecule has 3 heteroatoms. The zero-order chi connectivity index (χ0) is 12.3. The maximum Gasteiger partial charge on any atom is 0.225 e. The Morgan fingerprint density at radius 3 is 1.93 bits per heavy atom. The van der Waals surface area contributed by atoms with Crippen molar-refractivity contribution in [1.82, 2.24) is 5.32 Å². The van der Waals surface area contributed by atoms with E-state index in [0.29, 0.717) is 6.54 Å². The number of nitrogens with two attached hydrogens (primary N) is 1. The molecule has 0 saturated heterocycles. The molecule has 0 fully saturated rings. The predicted molar refractivity (Wildman–Crippen MR) is 64.5 cm³/mol. The normalized spacial score (nSPS) is 14.9. The molecule has 3 N–H and O–H groups in total. The first-order valence-corrected chi connectivity index (χ1v) is 5.60. The first kappa shape index (κ1) is 14.4. The van der Waals surface area contributed by atoms with Crippen molar-refractivity contribution in [3.05, 3.63) is 0 Å². The average Bonchev–Trinajstić information content (AvgIpc) is 1.99. The van der Waals surface area contributed by atoms with Crippen LogP contribution in [0.2, 0.25) is 0 Å². The highest BCUT2D eigenvalue weighted by atomic mass is 16.2. The van der Waals surface area contributed by atoms with Crippen LogP contribution in [0, 0.1) is 10.8 Å². The molecule has 0 heterocycles. The van der Waals surface area contributed by atoms with E-state index < -0.39 is 0 Å². The fourth-order valence-corrected chi connectivity index (χ4v) is 1.26. The standard InChI is InChI=1S/C12H26N2O/c1-11(2,3)9(7-8-13)14-10(15)12(4,5)6/h9H,7-8,13H2,1-6H3,(H,14,15). The van der Waals surface area contributed by atoms with Gasteiger partial charge in [0.05, 0.1) is 0 Å². The van der Waals surface area contributed by atoms with Gasteiger partial charge >= 0.3 is 0 Å². The largest absolute Gasteiger partial charge is 0.352 e. The van der Waals surface area contributed by atoms with Crippen LogP contribution >= 0.6 is 0 Å². The summed E-state index contributed by atoms with van der Waals surface area (Å²) in [4.78, 5) is 11.8. The molecule has 0 rings (SSSR count). The Morgan fingerprint density at radius 2 is 1.67 bits per heavy atom. The number of carbonyl (C=O) groups is 1. The van der Waals surface area contributed by atoms with Crippen LogP contribution in [-0.2, 0) is 4.79 Å². The predicted octanol–water partition coefficient (Wildman–Crippen LogP) is 1.91. The number of amides is 1. The summed E-state index contributed by atoms with van der Waals surface area (Å²) in [5, 5.41) is 3.08. The number of hydrogen-bond acceptors (Lipinski definition) is 2. The van der Waals surface area contributed by atoms with Crippen molar-refractivity contribution in [2.24, 2.45) is 16.6 Å². The van der Waals surface area contributed by atoms with Crippen LogP contribution in [0.5, 0.6) is 0 Å². The molecule has 90 valence electrons. The minimum Gasteiger partial charge on any atom is -0.352 e. The first-order chi connectivity index (χ1) is 6.59. The van der Waals surface area contributed by atoms with Crippen LogP contribution < -0.4 is 11.1 Å². The summed E-state index contributed by atoms with van der Waals surface area (Å²) in [5.41, 5.74) is 5.28. The lowest BCUT2D eigenvalue weighted by Gasteiger charge is -2.33. The van der Waals surface area contributed by atoms with Crippen molar-refractivity contribution < 1.29 is 4.79 Å². The van der Waals surface area contributed by atoms with E-state index in [9.17, 15) is 4.79 Å². The van der Waals surface area contributed by atoms with Gasteiger partial charge in [-0.1, -0.05) is 41.5 Å². The van der Waals surface area contributed by atoms with Gasteiger partial charge in [-0.15, -0.1) is 0 Å². The summed E-state index contributed by atoms with van der Waals surface area (Å²) >= 11 is 0. The van der Waals surface area contributed by atoms with Crippen LogP contribution in [0.25, 0.3) is 0 Å². The minimum absolute atomic E-state index is 0.0558. The lowest BCUT2D eigenvalue weighted by molar-refractivity contribution is -0.130. The van der Waals surface area contributed by atoms with Gasteiger partial charge in [0, 0.05) is 11.5 Å². The molecule has 3 nitrogen and oxygen atoms in total. The zero-order valence-corrected chi connectivity index (χ0v) is 11.0. The van der Waals surface area contributed by atoms with Gasteiger partial charge in [-0.05, 0) is 18.4 Å². The Balaban J connectivity index is 4.50. The number of rotatable bonds is 3. The van der Waals surface area contributed by atoms with Gasteiger partial charge < -0.3 is 11.1 Å². The first-order valence-electron chi connectivity index (χ1n) is 5.60. The smallest absolute Gasteiger partial charge is 0.225 e. The summed E-state index contributed by atoms with van der Waals surface area (Å²) in [7, 11) is 0. The molecule has 0 aliphatic rings. The molecule has 0 aromatic rings. The fourth-order valence-electron chi connectivity index (χ4n) is 1.26. The second-order valence-corrected chi connectivity index (χ2v) is 6.22. The second kappa shape index (κ2) is 4.97. The molecular formula is C12H26N2O. The molecule has 0 aromatic heterocycles. The molecule has 15 heavy (non-hydrogen) atoms. The Morgan fingerprint density at radius 1 is 1.20 bits per heavy atom. The monoisotopic (exact) mass is 214 g/mol. The molecule has 0 aliphatic heterocycles. The third kappa shape index (κ3) is 5.17. The van der Waals surface area contributed by atoms with Crippen LogP contribution in [0.1, 0.15) is 48.0 Å². The molecule has 0 saturated carbocycles. The lowest BCUT2D eigenvalue weighted by atomic mass is 9.83. The van der Waals surface area contributed by atoms with Crippen molar-refractivity contribution in [3.63, 3.8) is 0 Å². The molecule has 0 bridgehead atoms. The van der Waals surface area contributed by atoms with Gasteiger partial charge in [0.2, 0.25) is 5.91 Å².